The van der Waals surface area contributed by atoms with Crippen molar-refractivity contribution in [3.63, 3.8) is 0 Å². The van der Waals surface area contributed by atoms with E-state index in [0.717, 1.165) is 43.5 Å². The van der Waals surface area contributed by atoms with Gasteiger partial charge in [0.05, 0.1) is 12.8 Å². The topological polar surface area (TPSA) is 58.2 Å². The largest absolute Gasteiger partial charge is 0.497 e. The number of hydrogen-bond acceptors (Lipinski definition) is 3. The number of ether oxygens (including phenoxy) is 1. The quantitative estimate of drug-likeness (QED) is 0.859. The maximum Gasteiger partial charge on any atom is 0.222 e. The zero-order chi connectivity index (χ0) is 18.3. The molecule has 1 atom stereocenters. The maximum atomic E-state index is 12.1. The van der Waals surface area contributed by atoms with Crippen molar-refractivity contribution in [2.45, 2.75) is 44.6 Å². The molecule has 1 aromatic carbocycles. The Bertz CT molecular complexity index is 826. The first kappa shape index (κ1) is 17.7. The van der Waals surface area contributed by atoms with Gasteiger partial charge < -0.3 is 9.64 Å². The van der Waals surface area contributed by atoms with Crippen LogP contribution in [0.1, 0.15) is 41.8 Å². The van der Waals surface area contributed by atoms with E-state index < -0.39 is 0 Å². The number of nitrogens with zero attached hydrogens (tertiary/aromatic N) is 2. The van der Waals surface area contributed by atoms with E-state index in [1.165, 1.54) is 11.3 Å². The lowest BCUT2D eigenvalue weighted by Gasteiger charge is -2.31. The van der Waals surface area contributed by atoms with Gasteiger partial charge in [0.2, 0.25) is 5.91 Å². The molecule has 2 heterocycles. The van der Waals surface area contributed by atoms with Crippen molar-refractivity contribution in [1.82, 2.24) is 15.1 Å². The van der Waals surface area contributed by atoms with Gasteiger partial charge in [-0.25, -0.2) is 0 Å². The lowest BCUT2D eigenvalue weighted by Crippen LogP contribution is -2.40. The highest BCUT2D eigenvalue weighted by atomic mass is 35.5. The molecule has 138 valence electrons. The number of rotatable bonds is 4. The molecule has 1 fully saturated rings. The predicted octanol–water partition coefficient (Wildman–Crippen LogP) is 3.80. The molecule has 2 aliphatic rings. The molecule has 4 rings (SSSR count). The maximum absolute atomic E-state index is 12.1. The Morgan fingerprint density at radius 3 is 2.73 bits per heavy atom. The van der Waals surface area contributed by atoms with E-state index in [1.54, 1.807) is 19.2 Å². The molecule has 1 N–H and O–H groups in total. The van der Waals surface area contributed by atoms with E-state index in [1.807, 2.05) is 4.90 Å². The Hall–Kier alpha value is -1.72. The van der Waals surface area contributed by atoms with Gasteiger partial charge >= 0.3 is 0 Å². The molecule has 1 unspecified atom stereocenters. The van der Waals surface area contributed by atoms with Crippen molar-refractivity contribution in [3.05, 3.63) is 44.7 Å². The van der Waals surface area contributed by atoms with Crippen LogP contribution in [0.5, 0.6) is 5.75 Å². The van der Waals surface area contributed by atoms with Gasteiger partial charge in [0.1, 0.15) is 5.75 Å². The number of carbonyl (C=O) groups is 1. The molecule has 1 amide bonds. The van der Waals surface area contributed by atoms with Gasteiger partial charge in [-0.15, -0.1) is 0 Å². The molecule has 0 saturated carbocycles. The highest BCUT2D eigenvalue weighted by Crippen LogP contribution is 2.34. The average Bonchev–Trinajstić information content (AvgIpc) is 3.23. The van der Waals surface area contributed by atoms with Crippen LogP contribution in [-0.4, -0.2) is 40.7 Å². The third kappa shape index (κ3) is 3.19. The lowest BCUT2D eigenvalue weighted by atomic mass is 9.89. The highest BCUT2D eigenvalue weighted by Gasteiger charge is 2.32. The summed E-state index contributed by atoms with van der Waals surface area (Å²) in [7, 11) is 1.59. The summed E-state index contributed by atoms with van der Waals surface area (Å²) in [4.78, 5) is 14.2. The zero-order valence-electron chi connectivity index (χ0n) is 14.6. The molecule has 0 spiro atoms. The number of carbonyl (C=O) groups excluding carboxylic acids is 1. The van der Waals surface area contributed by atoms with Crippen LogP contribution in [0, 0.1) is 0 Å². The second-order valence-corrected chi connectivity index (χ2v) is 7.78. The minimum absolute atomic E-state index is 0.274. The fourth-order valence-corrected chi connectivity index (χ4v) is 4.64. The number of hydrogen-bond donors (Lipinski definition) is 1. The Labute approximate surface area is 162 Å². The second kappa shape index (κ2) is 7.12. The van der Waals surface area contributed by atoms with Crippen LogP contribution in [0.15, 0.2) is 12.1 Å². The van der Waals surface area contributed by atoms with Crippen molar-refractivity contribution in [3.8, 4) is 5.75 Å². The molecule has 5 nitrogen and oxygen atoms in total. The smallest absolute Gasteiger partial charge is 0.222 e. The van der Waals surface area contributed by atoms with Gasteiger partial charge in [0.25, 0.3) is 0 Å². The van der Waals surface area contributed by atoms with Crippen molar-refractivity contribution in [1.29, 1.82) is 0 Å². The number of H-pyrrole nitrogens is 1. The first-order chi connectivity index (χ1) is 12.6. The van der Waals surface area contributed by atoms with Crippen molar-refractivity contribution in [2.24, 2.45) is 0 Å². The summed E-state index contributed by atoms with van der Waals surface area (Å²) < 4.78 is 5.21. The van der Waals surface area contributed by atoms with E-state index in [-0.39, 0.29) is 11.9 Å². The van der Waals surface area contributed by atoms with Crippen LogP contribution in [0.25, 0.3) is 0 Å². The summed E-state index contributed by atoms with van der Waals surface area (Å²) in [5, 5.41) is 8.84. The SMILES string of the molecule is COc1cc(Cl)c(Cc2n[nH]c3c2CC(N2CCCC2=O)CC3)c(Cl)c1. The van der Waals surface area contributed by atoms with E-state index in [0.29, 0.717) is 28.6 Å². The van der Waals surface area contributed by atoms with Crippen LogP contribution in [0.3, 0.4) is 0 Å². The fourth-order valence-electron chi connectivity index (χ4n) is 4.04. The Balaban J connectivity index is 1.59. The molecule has 1 aliphatic carbocycles. The molecule has 0 radical (unpaired) electrons. The van der Waals surface area contributed by atoms with E-state index in [2.05, 4.69) is 10.2 Å². The Kier molecular flexibility index (Phi) is 4.84. The summed E-state index contributed by atoms with van der Waals surface area (Å²) in [5.41, 5.74) is 4.20. The van der Waals surface area contributed by atoms with Crippen molar-refractivity contribution < 1.29 is 9.53 Å². The van der Waals surface area contributed by atoms with E-state index in [9.17, 15) is 4.79 Å². The van der Waals surface area contributed by atoms with Gasteiger partial charge in [0.15, 0.2) is 0 Å². The van der Waals surface area contributed by atoms with E-state index in [4.69, 9.17) is 27.9 Å². The average molecular weight is 394 g/mol. The normalized spacial score (nSPS) is 19.7. The van der Waals surface area contributed by atoms with Gasteiger partial charge in [-0.05, 0) is 48.9 Å². The third-order valence-electron chi connectivity index (χ3n) is 5.45. The van der Waals surface area contributed by atoms with Crippen LogP contribution >= 0.6 is 23.2 Å². The summed E-state index contributed by atoms with van der Waals surface area (Å²) in [6.45, 7) is 0.877. The number of amides is 1. The number of fused-ring (bicyclic) bond motifs is 1. The van der Waals surface area contributed by atoms with Crippen LogP contribution in [0.4, 0.5) is 0 Å². The van der Waals surface area contributed by atoms with E-state index >= 15 is 0 Å². The standard InChI is InChI=1S/C19H21Cl2N3O2/c1-26-12-8-15(20)13(16(21)9-12)10-18-14-7-11(4-5-17(14)22-23-18)24-6-2-3-19(24)25/h8-9,11H,2-7,10H2,1H3,(H,22,23). The molecule has 26 heavy (non-hydrogen) atoms. The van der Waals surface area contributed by atoms with Crippen LogP contribution < -0.4 is 4.74 Å². The van der Waals surface area contributed by atoms with Crippen molar-refractivity contribution in [2.75, 3.05) is 13.7 Å². The molecule has 0 bridgehead atoms. The number of aromatic amines is 1. The molecular formula is C19H21Cl2N3O2. The molecule has 1 aromatic heterocycles. The van der Waals surface area contributed by atoms with Gasteiger partial charge in [-0.2, -0.15) is 5.10 Å². The number of aryl methyl sites for hydroxylation is 1. The molecular weight excluding hydrogens is 373 g/mol. The number of methoxy groups -OCH3 is 1. The zero-order valence-corrected chi connectivity index (χ0v) is 16.2. The summed E-state index contributed by atoms with van der Waals surface area (Å²) >= 11 is 12.8. The first-order valence-electron chi connectivity index (χ1n) is 8.93. The van der Waals surface area contributed by atoms with Gasteiger partial charge in [0, 0.05) is 41.2 Å². The Morgan fingerprint density at radius 2 is 2.08 bits per heavy atom. The lowest BCUT2D eigenvalue weighted by molar-refractivity contribution is -0.129. The number of benzene rings is 1. The van der Waals surface area contributed by atoms with Gasteiger partial charge in [-0.1, -0.05) is 23.2 Å². The van der Waals surface area contributed by atoms with Crippen LogP contribution in [0.2, 0.25) is 10.0 Å². The summed E-state index contributed by atoms with van der Waals surface area (Å²) in [5.74, 6) is 0.921. The second-order valence-electron chi connectivity index (χ2n) is 6.96. The molecule has 1 saturated heterocycles. The highest BCUT2D eigenvalue weighted by molar-refractivity contribution is 6.36. The first-order valence-corrected chi connectivity index (χ1v) is 9.68. The van der Waals surface area contributed by atoms with Gasteiger partial charge in [-0.3, -0.25) is 9.89 Å². The number of halogens is 2. The molecule has 2 aromatic rings. The number of nitrogens with one attached hydrogen (secondary N) is 1. The predicted molar refractivity (Wildman–Crippen MR) is 101 cm³/mol. The molecule has 1 aliphatic heterocycles. The monoisotopic (exact) mass is 393 g/mol. The summed E-state index contributed by atoms with van der Waals surface area (Å²) in [6, 6.07) is 3.82. The number of aromatic nitrogens is 2. The fraction of sp³-hybridized carbons (Fsp3) is 0.474. The minimum atomic E-state index is 0.274. The Morgan fingerprint density at radius 1 is 1.31 bits per heavy atom. The molecule has 7 heteroatoms. The minimum Gasteiger partial charge on any atom is -0.497 e. The third-order valence-corrected chi connectivity index (χ3v) is 6.13. The van der Waals surface area contributed by atoms with Crippen LogP contribution in [-0.2, 0) is 24.1 Å². The summed E-state index contributed by atoms with van der Waals surface area (Å²) in [6.07, 6.45) is 4.97. The van der Waals surface area contributed by atoms with Crippen molar-refractivity contribution >= 4 is 29.1 Å². The number of likely N-dealkylation sites (tertiary alicyclic amines) is 1.